The number of hydrogen-bond acceptors (Lipinski definition) is 3. The van der Waals surface area contributed by atoms with Crippen LogP contribution in [0.15, 0.2) is 48.7 Å². The van der Waals surface area contributed by atoms with Crippen LogP contribution < -0.4 is 5.32 Å². The summed E-state index contributed by atoms with van der Waals surface area (Å²) in [6, 6.07) is 10.0. The van der Waals surface area contributed by atoms with E-state index in [1.807, 2.05) is 0 Å². The van der Waals surface area contributed by atoms with Crippen LogP contribution in [0.3, 0.4) is 0 Å². The van der Waals surface area contributed by atoms with Crippen molar-refractivity contribution in [2.24, 2.45) is 7.05 Å². The van der Waals surface area contributed by atoms with Gasteiger partial charge in [0.05, 0.1) is 16.3 Å². The largest absolute Gasteiger partial charge is 0.433 e. The van der Waals surface area contributed by atoms with Gasteiger partial charge in [-0.2, -0.15) is 13.2 Å². The maximum atomic E-state index is 12.8. The highest BCUT2D eigenvalue weighted by Crippen LogP contribution is 2.29. The van der Waals surface area contributed by atoms with Crippen molar-refractivity contribution in [3.05, 3.63) is 64.9 Å². The second-order valence-corrected chi connectivity index (χ2v) is 5.81. The molecule has 0 unspecified atom stereocenters. The zero-order valence-electron chi connectivity index (χ0n) is 13.4. The van der Waals surface area contributed by atoms with Crippen molar-refractivity contribution in [1.29, 1.82) is 0 Å². The van der Waals surface area contributed by atoms with Crippen LogP contribution in [0.4, 0.5) is 19.1 Å². The van der Waals surface area contributed by atoms with Gasteiger partial charge in [-0.05, 0) is 24.3 Å². The number of benzene rings is 1. The van der Waals surface area contributed by atoms with E-state index in [9.17, 15) is 18.0 Å². The number of hydrogen-bond donors (Lipinski definition) is 1. The van der Waals surface area contributed by atoms with E-state index in [-0.39, 0.29) is 27.9 Å². The number of anilines is 1. The third-order valence-electron chi connectivity index (χ3n) is 3.52. The third-order valence-corrected chi connectivity index (χ3v) is 3.85. The molecule has 0 spiro atoms. The van der Waals surface area contributed by atoms with E-state index in [4.69, 9.17) is 11.6 Å². The SMILES string of the molecule is Cn1cc(-c2cccc(C(F)(F)F)n2)nc1NC(=O)c1ccccc1Cl. The summed E-state index contributed by atoms with van der Waals surface area (Å²) in [4.78, 5) is 20.0. The first kappa shape index (κ1) is 17.9. The summed E-state index contributed by atoms with van der Waals surface area (Å²) in [6.07, 6.45) is -3.07. The second kappa shape index (κ2) is 6.80. The van der Waals surface area contributed by atoms with Crippen molar-refractivity contribution >= 4 is 23.5 Å². The smallest absolute Gasteiger partial charge is 0.320 e. The van der Waals surface area contributed by atoms with Gasteiger partial charge in [0.25, 0.3) is 5.91 Å². The topological polar surface area (TPSA) is 59.8 Å². The van der Waals surface area contributed by atoms with Gasteiger partial charge in [-0.1, -0.05) is 29.8 Å². The fourth-order valence-electron chi connectivity index (χ4n) is 2.26. The highest BCUT2D eigenvalue weighted by molar-refractivity contribution is 6.34. The minimum Gasteiger partial charge on any atom is -0.320 e. The lowest BCUT2D eigenvalue weighted by Gasteiger charge is -2.06. The molecule has 0 radical (unpaired) electrons. The molecule has 2 heterocycles. The Bertz CT molecular complexity index is 969. The maximum Gasteiger partial charge on any atom is 0.433 e. The van der Waals surface area contributed by atoms with Gasteiger partial charge in [-0.3, -0.25) is 10.1 Å². The van der Waals surface area contributed by atoms with E-state index < -0.39 is 17.8 Å². The third kappa shape index (κ3) is 3.70. The number of carbonyl (C=O) groups excluding carboxylic acids is 1. The van der Waals surface area contributed by atoms with Crippen molar-refractivity contribution in [3.8, 4) is 11.4 Å². The average Bonchev–Trinajstić information content (AvgIpc) is 2.95. The fraction of sp³-hybridized carbons (Fsp3) is 0.118. The first-order valence-electron chi connectivity index (χ1n) is 7.39. The first-order valence-corrected chi connectivity index (χ1v) is 7.77. The van der Waals surface area contributed by atoms with E-state index in [0.717, 1.165) is 6.07 Å². The second-order valence-electron chi connectivity index (χ2n) is 5.40. The summed E-state index contributed by atoms with van der Waals surface area (Å²) in [5, 5.41) is 2.86. The van der Waals surface area contributed by atoms with Crippen molar-refractivity contribution < 1.29 is 18.0 Å². The number of nitrogens with one attached hydrogen (secondary N) is 1. The standard InChI is InChI=1S/C17H12ClF3N4O/c1-25-9-13(12-7-4-8-14(22-12)17(19,20)21)23-16(25)24-15(26)10-5-2-3-6-11(10)18/h2-9H,1H3,(H,23,24,26). The molecular weight excluding hydrogens is 369 g/mol. The van der Waals surface area contributed by atoms with Crippen molar-refractivity contribution in [1.82, 2.24) is 14.5 Å². The number of aryl methyl sites for hydroxylation is 1. The average molecular weight is 381 g/mol. The summed E-state index contributed by atoms with van der Waals surface area (Å²) >= 11 is 5.98. The summed E-state index contributed by atoms with van der Waals surface area (Å²) in [5.74, 6) is -0.322. The minimum absolute atomic E-state index is 0.0497. The highest BCUT2D eigenvalue weighted by atomic mass is 35.5. The number of aromatic nitrogens is 3. The highest BCUT2D eigenvalue weighted by Gasteiger charge is 2.32. The fourth-order valence-corrected chi connectivity index (χ4v) is 2.48. The van der Waals surface area contributed by atoms with Crippen LogP contribution in [0.1, 0.15) is 16.1 Å². The Morgan fingerprint density at radius 1 is 1.08 bits per heavy atom. The molecule has 0 aliphatic carbocycles. The number of nitrogens with zero attached hydrogens (tertiary/aromatic N) is 3. The molecule has 0 atom stereocenters. The maximum absolute atomic E-state index is 12.8. The Labute approximate surface area is 151 Å². The summed E-state index contributed by atoms with van der Waals surface area (Å²) < 4.78 is 39.9. The number of carbonyl (C=O) groups is 1. The molecule has 0 saturated heterocycles. The van der Waals surface area contributed by atoms with Crippen molar-refractivity contribution in [2.45, 2.75) is 6.18 Å². The monoisotopic (exact) mass is 380 g/mol. The van der Waals surface area contributed by atoms with Crippen LogP contribution in [-0.2, 0) is 13.2 Å². The van der Waals surface area contributed by atoms with Gasteiger partial charge in [0.1, 0.15) is 11.4 Å². The normalized spacial score (nSPS) is 11.4. The molecular formula is C17H12ClF3N4O. The van der Waals surface area contributed by atoms with E-state index in [2.05, 4.69) is 15.3 Å². The van der Waals surface area contributed by atoms with Gasteiger partial charge in [-0.25, -0.2) is 9.97 Å². The summed E-state index contributed by atoms with van der Waals surface area (Å²) in [6.45, 7) is 0. The molecule has 1 aromatic carbocycles. The lowest BCUT2D eigenvalue weighted by molar-refractivity contribution is -0.141. The molecule has 5 nitrogen and oxygen atoms in total. The Morgan fingerprint density at radius 3 is 2.50 bits per heavy atom. The Hall–Kier alpha value is -2.87. The number of imidazole rings is 1. The summed E-state index contributed by atoms with van der Waals surface area (Å²) in [7, 11) is 1.60. The molecule has 3 rings (SSSR count). The van der Waals surface area contributed by atoms with Crippen LogP contribution in [-0.4, -0.2) is 20.4 Å². The molecule has 1 amide bonds. The zero-order chi connectivity index (χ0) is 18.9. The molecule has 0 fully saturated rings. The van der Waals surface area contributed by atoms with Crippen LogP contribution in [0.5, 0.6) is 0 Å². The van der Waals surface area contributed by atoms with Gasteiger partial charge in [0, 0.05) is 13.2 Å². The predicted molar refractivity (Wildman–Crippen MR) is 90.8 cm³/mol. The quantitative estimate of drug-likeness (QED) is 0.732. The van der Waals surface area contributed by atoms with Crippen LogP contribution in [0, 0.1) is 0 Å². The van der Waals surface area contributed by atoms with Crippen molar-refractivity contribution in [3.63, 3.8) is 0 Å². The molecule has 0 bridgehead atoms. The Balaban J connectivity index is 1.88. The summed E-state index contributed by atoms with van der Waals surface area (Å²) in [5.41, 5.74) is -0.500. The van der Waals surface area contributed by atoms with Crippen LogP contribution in [0.2, 0.25) is 5.02 Å². The van der Waals surface area contributed by atoms with Gasteiger partial charge in [0.15, 0.2) is 0 Å². The molecule has 1 N–H and O–H groups in total. The first-order chi connectivity index (χ1) is 12.3. The van der Waals surface area contributed by atoms with E-state index >= 15 is 0 Å². The number of halogens is 4. The molecule has 3 aromatic rings. The predicted octanol–water partition coefficient (Wildman–Crippen LogP) is 4.41. The number of amides is 1. The van der Waals surface area contributed by atoms with E-state index in [1.54, 1.807) is 31.3 Å². The van der Waals surface area contributed by atoms with Gasteiger partial charge >= 0.3 is 6.18 Å². The number of rotatable bonds is 3. The lowest BCUT2D eigenvalue weighted by Crippen LogP contribution is -2.15. The molecule has 2 aromatic heterocycles. The molecule has 26 heavy (non-hydrogen) atoms. The zero-order valence-corrected chi connectivity index (χ0v) is 14.1. The van der Waals surface area contributed by atoms with Gasteiger partial charge in [0.2, 0.25) is 5.95 Å². The minimum atomic E-state index is -4.55. The lowest BCUT2D eigenvalue weighted by atomic mass is 10.2. The van der Waals surface area contributed by atoms with Gasteiger partial charge in [-0.15, -0.1) is 0 Å². The molecule has 9 heteroatoms. The van der Waals surface area contributed by atoms with E-state index in [1.165, 1.54) is 22.9 Å². The Kier molecular flexibility index (Phi) is 4.69. The molecule has 0 saturated carbocycles. The molecule has 134 valence electrons. The van der Waals surface area contributed by atoms with Gasteiger partial charge < -0.3 is 4.57 Å². The van der Waals surface area contributed by atoms with E-state index in [0.29, 0.717) is 0 Å². The van der Waals surface area contributed by atoms with Crippen molar-refractivity contribution in [2.75, 3.05) is 5.32 Å². The van der Waals surface area contributed by atoms with Crippen LogP contribution >= 0.6 is 11.6 Å². The number of pyridine rings is 1. The molecule has 0 aliphatic rings. The Morgan fingerprint density at radius 2 is 1.81 bits per heavy atom. The molecule has 0 aliphatic heterocycles. The van der Waals surface area contributed by atoms with Crippen LogP contribution in [0.25, 0.3) is 11.4 Å². The number of alkyl halides is 3.